The lowest BCUT2D eigenvalue weighted by Gasteiger charge is -2.01. The van der Waals surface area contributed by atoms with Gasteiger partial charge in [0, 0.05) is 17.5 Å². The third-order valence-electron chi connectivity index (χ3n) is 2.13. The molecule has 12 heavy (non-hydrogen) atoms. The maximum Gasteiger partial charge on any atom is 0.0755 e. The molecule has 0 spiro atoms. The molecule has 0 bridgehead atoms. The van der Waals surface area contributed by atoms with Crippen molar-refractivity contribution in [1.82, 2.24) is 10.2 Å². The summed E-state index contributed by atoms with van der Waals surface area (Å²) in [6, 6.07) is 2.09. The number of nitrogens with zero attached hydrogens (tertiary/aromatic N) is 1. The van der Waals surface area contributed by atoms with Crippen LogP contribution in [0.5, 0.6) is 0 Å². The highest BCUT2D eigenvalue weighted by Crippen LogP contribution is 2.38. The molecule has 0 radical (unpaired) electrons. The first-order valence-corrected chi connectivity index (χ1v) is 5.31. The normalized spacial score (nSPS) is 23.2. The van der Waals surface area contributed by atoms with Crippen LogP contribution >= 0.6 is 11.8 Å². The lowest BCUT2D eigenvalue weighted by Crippen LogP contribution is -1.95. The maximum absolute atomic E-state index is 5.48. The molecule has 1 aliphatic rings. The maximum atomic E-state index is 5.48. The standard InChI is InChI=1S/C8H13N3S/c9-5-6-4-7(11-10-6)8-2-1-3-12-8/h4,8H,1-3,5,9H2,(H,10,11). The number of thioether (sulfide) groups is 1. The van der Waals surface area contributed by atoms with Crippen molar-refractivity contribution in [3.8, 4) is 0 Å². The van der Waals surface area contributed by atoms with E-state index in [2.05, 4.69) is 16.3 Å². The van der Waals surface area contributed by atoms with Crippen LogP contribution in [0.1, 0.15) is 29.5 Å². The summed E-state index contributed by atoms with van der Waals surface area (Å²) < 4.78 is 0. The van der Waals surface area contributed by atoms with Gasteiger partial charge in [-0.2, -0.15) is 16.9 Å². The van der Waals surface area contributed by atoms with Crippen molar-refractivity contribution in [1.29, 1.82) is 0 Å². The molecule has 1 atom stereocenters. The first-order valence-electron chi connectivity index (χ1n) is 4.26. The molecule has 0 aliphatic carbocycles. The van der Waals surface area contributed by atoms with Gasteiger partial charge in [-0.15, -0.1) is 0 Å². The average molecular weight is 183 g/mol. The topological polar surface area (TPSA) is 54.7 Å². The lowest BCUT2D eigenvalue weighted by atomic mass is 10.2. The number of hydrogen-bond donors (Lipinski definition) is 2. The Morgan fingerprint density at radius 2 is 2.67 bits per heavy atom. The molecule has 2 rings (SSSR count). The largest absolute Gasteiger partial charge is 0.325 e. The Bertz CT molecular complexity index is 253. The van der Waals surface area contributed by atoms with E-state index in [0.717, 1.165) is 5.69 Å². The fourth-order valence-corrected chi connectivity index (χ4v) is 2.70. The zero-order valence-electron chi connectivity index (χ0n) is 6.92. The van der Waals surface area contributed by atoms with Crippen LogP contribution in [0.15, 0.2) is 6.07 Å². The molecule has 66 valence electrons. The summed E-state index contributed by atoms with van der Waals surface area (Å²) >= 11 is 2.00. The molecule has 1 fully saturated rings. The Hall–Kier alpha value is -0.480. The van der Waals surface area contributed by atoms with Gasteiger partial charge in [0.05, 0.1) is 5.69 Å². The monoisotopic (exact) mass is 183 g/mol. The summed E-state index contributed by atoms with van der Waals surface area (Å²) in [5.74, 6) is 1.27. The van der Waals surface area contributed by atoms with Crippen molar-refractivity contribution in [2.24, 2.45) is 5.73 Å². The number of rotatable bonds is 2. The number of hydrogen-bond acceptors (Lipinski definition) is 3. The van der Waals surface area contributed by atoms with Gasteiger partial charge in [-0.3, -0.25) is 5.10 Å². The van der Waals surface area contributed by atoms with Gasteiger partial charge >= 0.3 is 0 Å². The average Bonchev–Trinajstić information content (AvgIpc) is 2.75. The summed E-state index contributed by atoms with van der Waals surface area (Å²) in [5.41, 5.74) is 7.70. The number of nitrogens with one attached hydrogen (secondary N) is 1. The van der Waals surface area contributed by atoms with Crippen LogP contribution in [0.25, 0.3) is 0 Å². The molecule has 0 amide bonds. The fourth-order valence-electron chi connectivity index (χ4n) is 1.46. The van der Waals surface area contributed by atoms with Gasteiger partial charge in [-0.1, -0.05) is 0 Å². The molecule has 3 nitrogen and oxygen atoms in total. The van der Waals surface area contributed by atoms with Crippen LogP contribution in [0, 0.1) is 0 Å². The summed E-state index contributed by atoms with van der Waals surface area (Å²) in [4.78, 5) is 0. The summed E-state index contributed by atoms with van der Waals surface area (Å²) in [6.45, 7) is 0.560. The lowest BCUT2D eigenvalue weighted by molar-refractivity contribution is 0.799. The van der Waals surface area contributed by atoms with Crippen molar-refractivity contribution in [3.05, 3.63) is 17.5 Å². The van der Waals surface area contributed by atoms with E-state index < -0.39 is 0 Å². The quantitative estimate of drug-likeness (QED) is 0.729. The van der Waals surface area contributed by atoms with E-state index in [1.165, 1.54) is 24.3 Å². The van der Waals surface area contributed by atoms with Crippen molar-refractivity contribution < 1.29 is 0 Å². The molecule has 1 saturated heterocycles. The van der Waals surface area contributed by atoms with Crippen molar-refractivity contribution in [2.75, 3.05) is 5.75 Å². The van der Waals surface area contributed by atoms with Crippen LogP contribution in [0.2, 0.25) is 0 Å². The molecule has 1 aromatic heterocycles. The van der Waals surface area contributed by atoms with Crippen LogP contribution < -0.4 is 5.73 Å². The van der Waals surface area contributed by atoms with Gasteiger partial charge in [0.15, 0.2) is 0 Å². The molecule has 1 unspecified atom stereocenters. The van der Waals surface area contributed by atoms with Gasteiger partial charge < -0.3 is 5.73 Å². The first kappa shape index (κ1) is 8.13. The molecule has 1 aliphatic heterocycles. The SMILES string of the molecule is NCc1cc(C2CCCS2)n[nH]1. The Morgan fingerprint density at radius 3 is 3.25 bits per heavy atom. The number of aromatic amines is 1. The highest BCUT2D eigenvalue weighted by molar-refractivity contribution is 7.99. The molecular weight excluding hydrogens is 170 g/mol. The minimum absolute atomic E-state index is 0.560. The number of nitrogens with two attached hydrogens (primary N) is 1. The predicted molar refractivity (Wildman–Crippen MR) is 50.9 cm³/mol. The van der Waals surface area contributed by atoms with Crippen LogP contribution in [0.3, 0.4) is 0 Å². The zero-order chi connectivity index (χ0) is 8.39. The second-order valence-electron chi connectivity index (χ2n) is 3.02. The zero-order valence-corrected chi connectivity index (χ0v) is 7.73. The van der Waals surface area contributed by atoms with E-state index in [0.29, 0.717) is 11.8 Å². The molecule has 4 heteroatoms. The molecule has 2 heterocycles. The highest BCUT2D eigenvalue weighted by Gasteiger charge is 2.19. The third-order valence-corrected chi connectivity index (χ3v) is 3.53. The van der Waals surface area contributed by atoms with Gasteiger partial charge in [-0.05, 0) is 24.7 Å². The predicted octanol–water partition coefficient (Wildman–Crippen LogP) is 1.44. The number of aromatic nitrogens is 2. The fraction of sp³-hybridized carbons (Fsp3) is 0.625. The van der Waals surface area contributed by atoms with E-state index in [1.807, 2.05) is 11.8 Å². The van der Waals surface area contributed by atoms with Gasteiger partial charge in [0.25, 0.3) is 0 Å². The number of H-pyrrole nitrogens is 1. The van der Waals surface area contributed by atoms with E-state index >= 15 is 0 Å². The van der Waals surface area contributed by atoms with Gasteiger partial charge in [0.2, 0.25) is 0 Å². The minimum atomic E-state index is 0.560. The van der Waals surface area contributed by atoms with Crippen molar-refractivity contribution in [3.63, 3.8) is 0 Å². The van der Waals surface area contributed by atoms with Crippen LogP contribution in [-0.2, 0) is 6.54 Å². The molecule has 0 aromatic carbocycles. The minimum Gasteiger partial charge on any atom is -0.325 e. The third kappa shape index (κ3) is 1.49. The summed E-state index contributed by atoms with van der Waals surface area (Å²) in [6.07, 6.45) is 2.58. The van der Waals surface area contributed by atoms with E-state index in [1.54, 1.807) is 0 Å². The van der Waals surface area contributed by atoms with E-state index in [9.17, 15) is 0 Å². The van der Waals surface area contributed by atoms with Crippen molar-refractivity contribution in [2.45, 2.75) is 24.6 Å². The van der Waals surface area contributed by atoms with E-state index in [-0.39, 0.29) is 0 Å². The molecule has 3 N–H and O–H groups in total. The summed E-state index contributed by atoms with van der Waals surface area (Å²) in [5, 5.41) is 7.80. The van der Waals surface area contributed by atoms with Crippen LogP contribution in [0.4, 0.5) is 0 Å². The van der Waals surface area contributed by atoms with Gasteiger partial charge in [0.1, 0.15) is 0 Å². The Morgan fingerprint density at radius 1 is 1.75 bits per heavy atom. The Labute approximate surface area is 76.1 Å². The second-order valence-corrected chi connectivity index (χ2v) is 4.33. The molecule has 0 saturated carbocycles. The van der Waals surface area contributed by atoms with E-state index in [4.69, 9.17) is 5.73 Å². The Kier molecular flexibility index (Phi) is 2.37. The Balaban J connectivity index is 2.11. The highest BCUT2D eigenvalue weighted by atomic mass is 32.2. The molecule has 1 aromatic rings. The van der Waals surface area contributed by atoms with Crippen molar-refractivity contribution >= 4 is 11.8 Å². The first-order chi connectivity index (χ1) is 5.90. The molecular formula is C8H13N3S. The van der Waals surface area contributed by atoms with Crippen LogP contribution in [-0.4, -0.2) is 16.0 Å². The second kappa shape index (κ2) is 3.49. The smallest absolute Gasteiger partial charge is 0.0755 e. The summed E-state index contributed by atoms with van der Waals surface area (Å²) in [7, 11) is 0. The van der Waals surface area contributed by atoms with Gasteiger partial charge in [-0.25, -0.2) is 0 Å².